The van der Waals surface area contributed by atoms with Crippen molar-refractivity contribution in [1.82, 2.24) is 4.90 Å². The zero-order valence-corrected chi connectivity index (χ0v) is 16.2. The predicted octanol–water partition coefficient (Wildman–Crippen LogP) is 4.85. The first kappa shape index (κ1) is 19.2. The molecule has 1 N–H and O–H groups in total. The van der Waals surface area contributed by atoms with Gasteiger partial charge in [-0.2, -0.15) is 0 Å². The SMILES string of the molecule is CCC(O)(c1ccc(OCCN2CCCCC2)cc1)c1cccc(Cl)c1. The summed E-state index contributed by atoms with van der Waals surface area (Å²) in [6.45, 7) is 6.02. The van der Waals surface area contributed by atoms with Gasteiger partial charge in [-0.05, 0) is 67.7 Å². The van der Waals surface area contributed by atoms with Crippen molar-refractivity contribution < 1.29 is 9.84 Å². The summed E-state index contributed by atoms with van der Waals surface area (Å²) in [5, 5.41) is 11.8. The summed E-state index contributed by atoms with van der Waals surface area (Å²) in [4.78, 5) is 2.47. The van der Waals surface area contributed by atoms with Gasteiger partial charge in [-0.3, -0.25) is 4.90 Å². The van der Waals surface area contributed by atoms with Crippen LogP contribution < -0.4 is 4.74 Å². The first-order chi connectivity index (χ1) is 12.6. The molecule has 1 heterocycles. The maximum atomic E-state index is 11.2. The quantitative estimate of drug-likeness (QED) is 0.752. The van der Waals surface area contributed by atoms with Crippen LogP contribution in [0.4, 0.5) is 0 Å². The predicted molar refractivity (Wildman–Crippen MR) is 107 cm³/mol. The van der Waals surface area contributed by atoms with E-state index in [9.17, 15) is 5.11 Å². The average Bonchev–Trinajstić information content (AvgIpc) is 2.69. The number of nitrogens with zero attached hydrogens (tertiary/aromatic N) is 1. The molecule has 0 aromatic heterocycles. The second-order valence-corrected chi connectivity index (χ2v) is 7.44. The largest absolute Gasteiger partial charge is 0.492 e. The van der Waals surface area contributed by atoms with Gasteiger partial charge in [0.25, 0.3) is 0 Å². The monoisotopic (exact) mass is 373 g/mol. The Morgan fingerprint density at radius 2 is 1.77 bits per heavy atom. The van der Waals surface area contributed by atoms with Crippen molar-refractivity contribution in [2.45, 2.75) is 38.2 Å². The van der Waals surface area contributed by atoms with Crippen LogP contribution in [0.1, 0.15) is 43.7 Å². The van der Waals surface area contributed by atoms with Gasteiger partial charge >= 0.3 is 0 Å². The number of rotatable bonds is 7. The topological polar surface area (TPSA) is 32.7 Å². The molecule has 1 saturated heterocycles. The highest BCUT2D eigenvalue weighted by Gasteiger charge is 2.29. The van der Waals surface area contributed by atoms with E-state index in [-0.39, 0.29) is 0 Å². The van der Waals surface area contributed by atoms with E-state index in [0.29, 0.717) is 18.1 Å². The van der Waals surface area contributed by atoms with Gasteiger partial charge in [-0.1, -0.05) is 49.2 Å². The van der Waals surface area contributed by atoms with E-state index in [2.05, 4.69) is 4.90 Å². The molecule has 4 heteroatoms. The van der Waals surface area contributed by atoms with E-state index in [1.54, 1.807) is 0 Å². The highest BCUT2D eigenvalue weighted by atomic mass is 35.5. The van der Waals surface area contributed by atoms with Crippen LogP contribution in [0.25, 0.3) is 0 Å². The Hall–Kier alpha value is -1.55. The molecule has 2 aromatic rings. The molecule has 1 unspecified atom stereocenters. The number of hydrogen-bond donors (Lipinski definition) is 1. The van der Waals surface area contributed by atoms with Gasteiger partial charge in [0.15, 0.2) is 0 Å². The Morgan fingerprint density at radius 3 is 2.42 bits per heavy atom. The van der Waals surface area contributed by atoms with Gasteiger partial charge in [0.05, 0.1) is 0 Å². The summed E-state index contributed by atoms with van der Waals surface area (Å²) in [6.07, 6.45) is 4.52. The van der Waals surface area contributed by atoms with Crippen molar-refractivity contribution in [2.24, 2.45) is 0 Å². The molecule has 140 valence electrons. The summed E-state index contributed by atoms with van der Waals surface area (Å²) in [5.74, 6) is 0.843. The van der Waals surface area contributed by atoms with Gasteiger partial charge in [-0.15, -0.1) is 0 Å². The first-order valence-corrected chi connectivity index (χ1v) is 9.94. The van der Waals surface area contributed by atoms with Gasteiger partial charge in [0.1, 0.15) is 18.0 Å². The van der Waals surface area contributed by atoms with E-state index in [1.807, 2.05) is 55.5 Å². The van der Waals surface area contributed by atoms with Gasteiger partial charge in [-0.25, -0.2) is 0 Å². The van der Waals surface area contributed by atoms with Crippen molar-refractivity contribution in [3.8, 4) is 5.75 Å². The van der Waals surface area contributed by atoms with Crippen molar-refractivity contribution >= 4 is 11.6 Å². The third kappa shape index (κ3) is 4.59. The second-order valence-electron chi connectivity index (χ2n) is 7.00. The second kappa shape index (κ2) is 8.90. The number of halogens is 1. The molecule has 26 heavy (non-hydrogen) atoms. The van der Waals surface area contributed by atoms with Crippen LogP contribution in [0.15, 0.2) is 48.5 Å². The third-order valence-electron chi connectivity index (χ3n) is 5.27. The Kier molecular flexibility index (Phi) is 6.58. The Morgan fingerprint density at radius 1 is 1.04 bits per heavy atom. The van der Waals surface area contributed by atoms with E-state index >= 15 is 0 Å². The molecule has 1 aliphatic heterocycles. The van der Waals surface area contributed by atoms with E-state index in [4.69, 9.17) is 16.3 Å². The number of piperidine rings is 1. The lowest BCUT2D eigenvalue weighted by atomic mass is 9.84. The molecule has 0 radical (unpaired) electrons. The fraction of sp³-hybridized carbons (Fsp3) is 0.455. The molecule has 3 nitrogen and oxygen atoms in total. The lowest BCUT2D eigenvalue weighted by molar-refractivity contribution is 0.0764. The molecule has 0 amide bonds. The fourth-order valence-corrected chi connectivity index (χ4v) is 3.81. The van der Waals surface area contributed by atoms with Gasteiger partial charge in [0, 0.05) is 11.6 Å². The van der Waals surface area contributed by atoms with E-state index < -0.39 is 5.60 Å². The molecule has 0 spiro atoms. The zero-order valence-electron chi connectivity index (χ0n) is 15.5. The molecular formula is C22H28ClNO2. The third-order valence-corrected chi connectivity index (χ3v) is 5.51. The summed E-state index contributed by atoms with van der Waals surface area (Å²) in [5.41, 5.74) is 0.619. The molecule has 1 aliphatic rings. The molecule has 2 aromatic carbocycles. The molecule has 0 saturated carbocycles. The molecule has 0 bridgehead atoms. The number of aliphatic hydroxyl groups is 1. The normalized spacial score (nSPS) is 17.7. The minimum absolute atomic E-state index is 0.572. The van der Waals surface area contributed by atoms with Crippen LogP contribution in [-0.4, -0.2) is 36.2 Å². The standard InChI is InChI=1S/C22H28ClNO2/c1-2-22(25,19-7-6-8-20(23)17-19)18-9-11-21(12-10-18)26-16-15-24-13-4-3-5-14-24/h6-12,17,25H,2-5,13-16H2,1H3. The van der Waals surface area contributed by atoms with Crippen molar-refractivity contribution in [3.63, 3.8) is 0 Å². The summed E-state index contributed by atoms with van der Waals surface area (Å²) in [7, 11) is 0. The van der Waals surface area contributed by atoms with Crippen molar-refractivity contribution in [2.75, 3.05) is 26.2 Å². The van der Waals surface area contributed by atoms with E-state index in [0.717, 1.165) is 23.4 Å². The molecule has 1 fully saturated rings. The lowest BCUT2D eigenvalue weighted by Gasteiger charge is -2.28. The fourth-order valence-electron chi connectivity index (χ4n) is 3.62. The first-order valence-electron chi connectivity index (χ1n) is 9.56. The average molecular weight is 374 g/mol. The molecule has 3 rings (SSSR count). The highest BCUT2D eigenvalue weighted by molar-refractivity contribution is 6.30. The van der Waals surface area contributed by atoms with Crippen LogP contribution in [0, 0.1) is 0 Å². The van der Waals surface area contributed by atoms with Crippen LogP contribution >= 0.6 is 11.6 Å². The van der Waals surface area contributed by atoms with E-state index in [1.165, 1.54) is 32.4 Å². The zero-order chi connectivity index (χ0) is 18.4. The molecular weight excluding hydrogens is 346 g/mol. The maximum Gasteiger partial charge on any atom is 0.119 e. The molecule has 1 atom stereocenters. The van der Waals surface area contributed by atoms with Crippen molar-refractivity contribution in [1.29, 1.82) is 0 Å². The Labute approximate surface area is 161 Å². The highest BCUT2D eigenvalue weighted by Crippen LogP contribution is 2.34. The smallest absolute Gasteiger partial charge is 0.119 e. The number of benzene rings is 2. The molecule has 0 aliphatic carbocycles. The summed E-state index contributed by atoms with van der Waals surface area (Å²) < 4.78 is 5.89. The van der Waals surface area contributed by atoms with Crippen LogP contribution in [-0.2, 0) is 5.60 Å². The lowest BCUT2D eigenvalue weighted by Crippen LogP contribution is -2.33. The Balaban J connectivity index is 1.63. The number of hydrogen-bond acceptors (Lipinski definition) is 3. The number of ether oxygens (including phenoxy) is 1. The Bertz CT molecular complexity index is 698. The van der Waals surface area contributed by atoms with Gasteiger partial charge in [0.2, 0.25) is 0 Å². The van der Waals surface area contributed by atoms with Crippen LogP contribution in [0.5, 0.6) is 5.75 Å². The maximum absolute atomic E-state index is 11.2. The summed E-state index contributed by atoms with van der Waals surface area (Å²) in [6, 6.07) is 15.2. The van der Waals surface area contributed by atoms with Gasteiger partial charge < -0.3 is 9.84 Å². The van der Waals surface area contributed by atoms with Crippen molar-refractivity contribution in [3.05, 3.63) is 64.7 Å². The van der Waals surface area contributed by atoms with Crippen LogP contribution in [0.2, 0.25) is 5.02 Å². The minimum Gasteiger partial charge on any atom is -0.492 e. The summed E-state index contributed by atoms with van der Waals surface area (Å²) >= 11 is 6.11. The number of likely N-dealkylation sites (tertiary alicyclic amines) is 1. The minimum atomic E-state index is -1.04. The van der Waals surface area contributed by atoms with Crippen LogP contribution in [0.3, 0.4) is 0 Å².